The lowest BCUT2D eigenvalue weighted by Crippen LogP contribution is -2.35. The van der Waals surface area contributed by atoms with Crippen LogP contribution in [0.4, 0.5) is 39.5 Å². The SMILES string of the molecule is C[C@H](CSCC(F)(F)F)NC(=O)c1ccc(/C=C/C(c2cc(Br)c(Cl)c(Br)c2)C(F)(F)F)cc1C(F)(F)F. The summed E-state index contributed by atoms with van der Waals surface area (Å²) in [6.07, 6.45) is -12.7. The Labute approximate surface area is 237 Å². The molecule has 0 heterocycles. The average Bonchev–Trinajstić information content (AvgIpc) is 2.74. The lowest BCUT2D eigenvalue weighted by molar-refractivity contribution is -0.139. The van der Waals surface area contributed by atoms with Crippen molar-refractivity contribution in [3.05, 3.63) is 72.6 Å². The zero-order chi connectivity index (χ0) is 29.1. The van der Waals surface area contributed by atoms with Crippen molar-refractivity contribution in [1.29, 1.82) is 0 Å². The minimum atomic E-state index is -5.04. The lowest BCUT2D eigenvalue weighted by atomic mass is 9.96. The summed E-state index contributed by atoms with van der Waals surface area (Å²) in [4.78, 5) is 12.4. The van der Waals surface area contributed by atoms with Crippen LogP contribution >= 0.6 is 55.2 Å². The summed E-state index contributed by atoms with van der Waals surface area (Å²) in [6.45, 7) is 1.33. The van der Waals surface area contributed by atoms with E-state index in [-0.39, 0.29) is 30.8 Å². The number of halogens is 12. The topological polar surface area (TPSA) is 29.1 Å². The van der Waals surface area contributed by atoms with Crippen molar-refractivity contribution >= 4 is 67.2 Å². The Hall–Kier alpha value is -1.38. The van der Waals surface area contributed by atoms with Crippen LogP contribution in [-0.4, -0.2) is 35.8 Å². The van der Waals surface area contributed by atoms with Crippen molar-refractivity contribution in [3.63, 3.8) is 0 Å². The molecule has 0 spiro atoms. The average molecular weight is 722 g/mol. The van der Waals surface area contributed by atoms with Crippen LogP contribution in [0.2, 0.25) is 5.02 Å². The molecule has 15 heteroatoms. The van der Waals surface area contributed by atoms with Crippen LogP contribution < -0.4 is 5.32 Å². The second-order valence-corrected chi connectivity index (χ2v) is 11.1. The third-order valence-corrected chi connectivity index (χ3v) is 8.19. The number of hydrogen-bond donors (Lipinski definition) is 1. The minimum absolute atomic E-state index is 0.135. The largest absolute Gasteiger partial charge is 0.417 e. The van der Waals surface area contributed by atoms with E-state index in [1.165, 1.54) is 6.92 Å². The molecule has 0 bridgehead atoms. The van der Waals surface area contributed by atoms with Crippen molar-refractivity contribution in [3.8, 4) is 0 Å². The molecule has 2 aromatic carbocycles. The van der Waals surface area contributed by atoms with E-state index in [2.05, 4.69) is 37.2 Å². The molecular formula is C23H17Br2ClF9NOS. The van der Waals surface area contributed by atoms with Crippen molar-refractivity contribution < 1.29 is 44.3 Å². The molecule has 1 N–H and O–H groups in total. The smallest absolute Gasteiger partial charge is 0.349 e. The van der Waals surface area contributed by atoms with E-state index in [4.69, 9.17) is 11.6 Å². The number of hydrogen-bond acceptors (Lipinski definition) is 2. The molecule has 2 atom stereocenters. The second-order valence-electron chi connectivity index (χ2n) is 7.98. The molecule has 0 aromatic heterocycles. The van der Waals surface area contributed by atoms with Crippen LogP contribution in [0, 0.1) is 0 Å². The molecule has 2 aromatic rings. The van der Waals surface area contributed by atoms with Gasteiger partial charge in [0.25, 0.3) is 5.91 Å². The predicted molar refractivity (Wildman–Crippen MR) is 136 cm³/mol. The van der Waals surface area contributed by atoms with Crippen molar-refractivity contribution in [2.45, 2.75) is 37.4 Å². The quantitative estimate of drug-likeness (QED) is 0.217. The summed E-state index contributed by atoms with van der Waals surface area (Å²) >= 11 is 12.5. The highest BCUT2D eigenvalue weighted by Gasteiger charge is 2.40. The van der Waals surface area contributed by atoms with Crippen molar-refractivity contribution in [1.82, 2.24) is 5.32 Å². The summed E-state index contributed by atoms with van der Waals surface area (Å²) < 4.78 is 120. The first-order valence-electron chi connectivity index (χ1n) is 10.4. The van der Waals surface area contributed by atoms with Crippen molar-refractivity contribution in [2.24, 2.45) is 0 Å². The molecule has 0 fully saturated rings. The zero-order valence-electron chi connectivity index (χ0n) is 19.0. The van der Waals surface area contributed by atoms with Gasteiger partial charge in [-0.05, 0) is 74.2 Å². The number of amides is 1. The van der Waals surface area contributed by atoms with E-state index in [1.807, 2.05) is 0 Å². The van der Waals surface area contributed by atoms with E-state index in [0.717, 1.165) is 30.3 Å². The first-order chi connectivity index (χ1) is 17.3. The number of rotatable bonds is 8. The number of nitrogens with one attached hydrogen (secondary N) is 1. The van der Waals surface area contributed by atoms with Gasteiger partial charge in [-0.3, -0.25) is 4.79 Å². The number of carbonyl (C=O) groups excluding carboxylic acids is 1. The van der Waals surface area contributed by atoms with Gasteiger partial charge in [0.2, 0.25) is 0 Å². The number of alkyl halides is 9. The van der Waals surface area contributed by atoms with Crippen LogP contribution in [0.1, 0.15) is 39.9 Å². The number of allylic oxidation sites excluding steroid dienone is 1. The third kappa shape index (κ3) is 9.67. The number of benzene rings is 2. The lowest BCUT2D eigenvalue weighted by Gasteiger charge is -2.19. The van der Waals surface area contributed by atoms with E-state index in [1.54, 1.807) is 0 Å². The fourth-order valence-corrected chi connectivity index (χ4v) is 5.28. The molecule has 0 saturated heterocycles. The van der Waals surface area contributed by atoms with Gasteiger partial charge in [0.05, 0.1) is 27.8 Å². The number of carbonyl (C=O) groups is 1. The van der Waals surface area contributed by atoms with Gasteiger partial charge in [0.15, 0.2) is 0 Å². The molecule has 0 aliphatic heterocycles. The summed E-state index contributed by atoms with van der Waals surface area (Å²) in [5, 5.41) is 2.34. The van der Waals surface area contributed by atoms with Crippen LogP contribution in [-0.2, 0) is 6.18 Å². The molecule has 0 aliphatic rings. The first-order valence-corrected chi connectivity index (χ1v) is 13.5. The Balaban J connectivity index is 2.34. The summed E-state index contributed by atoms with van der Waals surface area (Å²) in [5.74, 6) is -4.77. The maximum absolute atomic E-state index is 13.8. The van der Waals surface area contributed by atoms with Gasteiger partial charge in [-0.1, -0.05) is 29.8 Å². The molecule has 1 amide bonds. The van der Waals surface area contributed by atoms with E-state index >= 15 is 0 Å². The Morgan fingerprint density at radius 3 is 2.11 bits per heavy atom. The summed E-state index contributed by atoms with van der Waals surface area (Å²) in [6, 6.07) is 3.74. The molecule has 2 nitrogen and oxygen atoms in total. The monoisotopic (exact) mass is 719 g/mol. The minimum Gasteiger partial charge on any atom is -0.349 e. The summed E-state index contributed by atoms with van der Waals surface area (Å²) in [7, 11) is 0. The second kappa shape index (κ2) is 12.9. The molecule has 38 heavy (non-hydrogen) atoms. The van der Waals surface area contributed by atoms with Crippen molar-refractivity contribution in [2.75, 3.05) is 11.5 Å². The molecule has 1 unspecified atom stereocenters. The normalized spacial score (nSPS) is 14.6. The van der Waals surface area contributed by atoms with Crippen LogP contribution in [0.15, 0.2) is 45.4 Å². The van der Waals surface area contributed by atoms with Gasteiger partial charge in [-0.15, -0.1) is 0 Å². The molecule has 210 valence electrons. The van der Waals surface area contributed by atoms with Gasteiger partial charge < -0.3 is 5.32 Å². The van der Waals surface area contributed by atoms with E-state index < -0.39 is 53.3 Å². The summed E-state index contributed by atoms with van der Waals surface area (Å²) in [5.41, 5.74) is -2.72. The first kappa shape index (κ1) is 32.8. The Morgan fingerprint density at radius 1 is 1.03 bits per heavy atom. The number of thioether (sulfide) groups is 1. The molecular weight excluding hydrogens is 705 g/mol. The highest BCUT2D eigenvalue weighted by molar-refractivity contribution is 9.11. The molecule has 0 saturated carbocycles. The highest BCUT2D eigenvalue weighted by atomic mass is 79.9. The van der Waals surface area contributed by atoms with Crippen LogP contribution in [0.3, 0.4) is 0 Å². The Kier molecular flexibility index (Phi) is 11.1. The van der Waals surface area contributed by atoms with E-state index in [0.29, 0.717) is 23.9 Å². The van der Waals surface area contributed by atoms with Gasteiger partial charge in [0.1, 0.15) is 0 Å². The fourth-order valence-electron chi connectivity index (χ4n) is 3.16. The Bertz CT molecular complexity index is 1160. The fraction of sp³-hybridized carbons (Fsp3) is 0.348. The maximum atomic E-state index is 13.8. The highest BCUT2D eigenvalue weighted by Crippen LogP contribution is 2.41. The van der Waals surface area contributed by atoms with Gasteiger partial charge in [0, 0.05) is 20.7 Å². The van der Waals surface area contributed by atoms with Gasteiger partial charge in [-0.25, -0.2) is 0 Å². The molecule has 0 radical (unpaired) electrons. The standard InChI is InChI=1S/C23H17Br2ClF9NOS/c1-11(9-38-10-21(27,28)29)36-20(37)14-4-2-12(6-16(14)23(33,34)35)3-5-15(22(30,31)32)13-7-17(24)19(26)18(25)8-13/h2-8,11,15H,9-10H2,1H3,(H,36,37)/b5-3+/t11-,15?/m1/s1. The Morgan fingerprint density at radius 2 is 1.61 bits per heavy atom. The molecule has 0 aliphatic carbocycles. The maximum Gasteiger partial charge on any atom is 0.417 e. The zero-order valence-corrected chi connectivity index (χ0v) is 23.7. The third-order valence-electron chi connectivity index (χ3n) is 4.80. The van der Waals surface area contributed by atoms with Crippen LogP contribution in [0.5, 0.6) is 0 Å². The van der Waals surface area contributed by atoms with Gasteiger partial charge in [-0.2, -0.15) is 51.3 Å². The predicted octanol–water partition coefficient (Wildman–Crippen LogP) is 9.66. The van der Waals surface area contributed by atoms with E-state index in [9.17, 15) is 44.3 Å². The molecule has 2 rings (SSSR count). The van der Waals surface area contributed by atoms with Crippen LogP contribution in [0.25, 0.3) is 6.08 Å². The van der Waals surface area contributed by atoms with Gasteiger partial charge >= 0.3 is 18.5 Å².